The molecule has 2 aliphatic rings. The van der Waals surface area contributed by atoms with Gasteiger partial charge in [0, 0.05) is 36.9 Å². The van der Waals surface area contributed by atoms with Gasteiger partial charge in [-0.25, -0.2) is 0 Å². The molecule has 2 N–H and O–H groups in total. The Hall–Kier alpha value is -5.77. The molecule has 0 bridgehead atoms. The zero-order valence-corrected chi connectivity index (χ0v) is 27.4. The van der Waals surface area contributed by atoms with Crippen molar-refractivity contribution < 1.29 is 23.9 Å². The molecule has 6 rings (SSSR count). The van der Waals surface area contributed by atoms with Crippen molar-refractivity contribution in [3.05, 3.63) is 120 Å². The molecular weight excluding hydrogens is 618 g/mol. The van der Waals surface area contributed by atoms with Crippen molar-refractivity contribution in [2.45, 2.75) is 44.2 Å². The summed E-state index contributed by atoms with van der Waals surface area (Å²) in [5.74, 6) is -0.193. The van der Waals surface area contributed by atoms with E-state index in [-0.39, 0.29) is 30.0 Å². The molecule has 10 nitrogen and oxygen atoms in total. The smallest absolute Gasteiger partial charge is 0.258 e. The maximum Gasteiger partial charge on any atom is 0.258 e. The van der Waals surface area contributed by atoms with E-state index in [1.807, 2.05) is 72.8 Å². The molecule has 0 saturated carbocycles. The van der Waals surface area contributed by atoms with Gasteiger partial charge in [-0.2, -0.15) is 0 Å². The van der Waals surface area contributed by atoms with Crippen molar-refractivity contribution in [1.29, 1.82) is 0 Å². The van der Waals surface area contributed by atoms with Crippen LogP contribution < -0.4 is 15.4 Å². The third-order valence-electron chi connectivity index (χ3n) is 8.93. The molecule has 49 heavy (non-hydrogen) atoms. The monoisotopic (exact) mass is 657 g/mol. The highest BCUT2D eigenvalue weighted by molar-refractivity contribution is 6.03. The predicted molar refractivity (Wildman–Crippen MR) is 189 cm³/mol. The average Bonchev–Trinajstić information content (AvgIpc) is 3.83. The summed E-state index contributed by atoms with van der Waals surface area (Å²) >= 11 is 0. The lowest BCUT2D eigenvalue weighted by molar-refractivity contribution is -0.136. The fraction of sp³-hybridized carbons (Fsp3) is 0.256. The van der Waals surface area contributed by atoms with Crippen LogP contribution in [0.5, 0.6) is 5.75 Å². The number of para-hydroxylation sites is 1. The molecule has 4 aromatic rings. The summed E-state index contributed by atoms with van der Waals surface area (Å²) in [5, 5.41) is 5.93. The number of nitrogens with zero attached hydrogens (tertiary/aromatic N) is 3. The van der Waals surface area contributed by atoms with Crippen LogP contribution in [0, 0.1) is 0 Å². The van der Waals surface area contributed by atoms with Crippen LogP contribution in [0.15, 0.2) is 97.3 Å². The van der Waals surface area contributed by atoms with Gasteiger partial charge in [-0.3, -0.25) is 24.2 Å². The molecule has 0 aliphatic carbocycles. The van der Waals surface area contributed by atoms with Gasteiger partial charge in [0.25, 0.3) is 5.91 Å². The van der Waals surface area contributed by atoms with Crippen LogP contribution in [0.1, 0.15) is 52.7 Å². The molecule has 4 amide bonds. The normalized spacial score (nSPS) is 17.2. The third kappa shape index (κ3) is 8.03. The lowest BCUT2D eigenvalue weighted by atomic mass is 10.1. The highest BCUT2D eigenvalue weighted by Crippen LogP contribution is 2.26. The van der Waals surface area contributed by atoms with Gasteiger partial charge in [-0.15, -0.1) is 0 Å². The second-order valence-electron chi connectivity index (χ2n) is 12.2. The Balaban J connectivity index is 1.00. The first-order valence-corrected chi connectivity index (χ1v) is 16.5. The van der Waals surface area contributed by atoms with Crippen molar-refractivity contribution in [3.8, 4) is 5.75 Å². The Morgan fingerprint density at radius 3 is 1.90 bits per heavy atom. The molecule has 2 saturated heterocycles. The van der Waals surface area contributed by atoms with E-state index in [4.69, 9.17) is 4.74 Å². The number of benzene rings is 3. The molecule has 2 fully saturated rings. The molecule has 1 unspecified atom stereocenters. The number of pyridine rings is 1. The Kier molecular flexibility index (Phi) is 10.4. The third-order valence-corrected chi connectivity index (χ3v) is 8.93. The van der Waals surface area contributed by atoms with E-state index < -0.39 is 12.1 Å². The topological polar surface area (TPSA) is 121 Å². The largest absolute Gasteiger partial charge is 0.496 e. The van der Waals surface area contributed by atoms with Crippen LogP contribution in [0.25, 0.3) is 12.2 Å². The minimum atomic E-state index is -0.554. The van der Waals surface area contributed by atoms with Crippen molar-refractivity contribution in [2.24, 2.45) is 0 Å². The summed E-state index contributed by atoms with van der Waals surface area (Å²) in [6, 6.07) is 24.7. The summed E-state index contributed by atoms with van der Waals surface area (Å²) in [6.45, 7) is 1.08. The molecule has 10 heteroatoms. The van der Waals surface area contributed by atoms with Crippen molar-refractivity contribution in [3.63, 3.8) is 0 Å². The van der Waals surface area contributed by atoms with E-state index in [0.29, 0.717) is 48.6 Å². The lowest BCUT2D eigenvalue weighted by Gasteiger charge is -2.24. The number of rotatable bonds is 10. The quantitative estimate of drug-likeness (QED) is 0.212. The number of likely N-dealkylation sites (tertiary alicyclic amines) is 2. The van der Waals surface area contributed by atoms with Gasteiger partial charge in [-0.05, 0) is 84.8 Å². The zero-order valence-electron chi connectivity index (χ0n) is 27.4. The molecule has 2 aliphatic heterocycles. The maximum absolute atomic E-state index is 13.3. The van der Waals surface area contributed by atoms with Crippen molar-refractivity contribution in [2.75, 3.05) is 30.8 Å². The van der Waals surface area contributed by atoms with E-state index in [1.54, 1.807) is 46.5 Å². The summed E-state index contributed by atoms with van der Waals surface area (Å²) in [4.78, 5) is 59.8. The number of carbonyl (C=O) groups excluding carboxylic acids is 4. The zero-order chi connectivity index (χ0) is 34.2. The standard InChI is InChI=1S/C39H39N5O5/c1-49-35-11-3-2-8-32(35)39(48)44-24-6-10-34(44)38(47)42-31-20-16-28(17-21-31)13-12-27-14-18-30(19-15-27)41-37(46)33-9-5-23-43(33)36(45)25-29-7-4-22-40-26-29/h2-4,7-8,11-22,26,33-34H,5-6,9-10,23-25H2,1H3,(H,41,46)(H,42,47)/b13-12+/t33?,34-/m0/s1. The first-order chi connectivity index (χ1) is 23.9. The number of nitrogens with one attached hydrogen (secondary N) is 2. The second kappa shape index (κ2) is 15.4. The van der Waals surface area contributed by atoms with Gasteiger partial charge in [-0.1, -0.05) is 54.6 Å². The predicted octanol–water partition coefficient (Wildman–Crippen LogP) is 5.68. The summed E-state index contributed by atoms with van der Waals surface area (Å²) < 4.78 is 5.36. The second-order valence-corrected chi connectivity index (χ2v) is 12.2. The number of amides is 4. The minimum absolute atomic E-state index is 0.0706. The number of methoxy groups -OCH3 is 1. The fourth-order valence-electron chi connectivity index (χ4n) is 6.37. The Labute approximate surface area is 285 Å². The van der Waals surface area contributed by atoms with E-state index in [2.05, 4.69) is 15.6 Å². The van der Waals surface area contributed by atoms with Crippen molar-refractivity contribution >= 4 is 47.2 Å². The number of ether oxygens (including phenoxy) is 1. The molecule has 3 aromatic carbocycles. The van der Waals surface area contributed by atoms with Gasteiger partial charge >= 0.3 is 0 Å². The first kappa shape index (κ1) is 33.1. The van der Waals surface area contributed by atoms with Gasteiger partial charge < -0.3 is 25.2 Å². The Morgan fingerprint density at radius 1 is 0.755 bits per heavy atom. The maximum atomic E-state index is 13.3. The van der Waals surface area contributed by atoms with Crippen LogP contribution in [0.4, 0.5) is 11.4 Å². The SMILES string of the molecule is COc1ccccc1C(=O)N1CCC[C@H]1C(=O)Nc1ccc(/C=C/c2ccc(NC(=O)C3CCCN3C(=O)Cc3cccnc3)cc2)cc1. The molecular formula is C39H39N5O5. The first-order valence-electron chi connectivity index (χ1n) is 16.5. The Bertz CT molecular complexity index is 1830. The highest BCUT2D eigenvalue weighted by Gasteiger charge is 2.36. The van der Waals surface area contributed by atoms with E-state index in [0.717, 1.165) is 29.5 Å². The van der Waals surface area contributed by atoms with Crippen LogP contribution in [0.3, 0.4) is 0 Å². The number of aromatic nitrogens is 1. The summed E-state index contributed by atoms with van der Waals surface area (Å²) in [5.41, 5.74) is 4.49. The molecule has 3 heterocycles. The number of anilines is 2. The average molecular weight is 658 g/mol. The molecule has 0 radical (unpaired) electrons. The van der Waals surface area contributed by atoms with E-state index >= 15 is 0 Å². The van der Waals surface area contributed by atoms with Crippen LogP contribution in [0.2, 0.25) is 0 Å². The number of hydrogen-bond acceptors (Lipinski definition) is 6. The molecule has 0 spiro atoms. The summed E-state index contributed by atoms with van der Waals surface area (Å²) in [7, 11) is 1.53. The van der Waals surface area contributed by atoms with Gasteiger partial charge in [0.2, 0.25) is 17.7 Å². The molecule has 1 aromatic heterocycles. The van der Waals surface area contributed by atoms with Crippen molar-refractivity contribution in [1.82, 2.24) is 14.8 Å². The van der Waals surface area contributed by atoms with Gasteiger partial charge in [0.05, 0.1) is 19.1 Å². The van der Waals surface area contributed by atoms with E-state index in [1.165, 1.54) is 7.11 Å². The number of hydrogen-bond donors (Lipinski definition) is 2. The number of carbonyl (C=O) groups is 4. The molecule has 250 valence electrons. The van der Waals surface area contributed by atoms with Crippen LogP contribution in [-0.2, 0) is 20.8 Å². The van der Waals surface area contributed by atoms with Gasteiger partial charge in [0.1, 0.15) is 17.8 Å². The Morgan fingerprint density at radius 2 is 1.33 bits per heavy atom. The lowest BCUT2D eigenvalue weighted by Crippen LogP contribution is -2.43. The summed E-state index contributed by atoms with van der Waals surface area (Å²) in [6.07, 6.45) is 10.3. The van der Waals surface area contributed by atoms with E-state index in [9.17, 15) is 19.2 Å². The highest BCUT2D eigenvalue weighted by atomic mass is 16.5. The van der Waals surface area contributed by atoms with Gasteiger partial charge in [0.15, 0.2) is 0 Å². The molecule has 2 atom stereocenters. The van der Waals surface area contributed by atoms with Crippen LogP contribution >= 0.6 is 0 Å². The fourth-order valence-corrected chi connectivity index (χ4v) is 6.37. The van der Waals surface area contributed by atoms with Crippen LogP contribution in [-0.4, -0.2) is 70.7 Å². The minimum Gasteiger partial charge on any atom is -0.496 e.